The molecule has 0 fully saturated rings. The number of nitrogens with zero attached hydrogens (tertiary/aromatic N) is 2. The van der Waals surface area contributed by atoms with Crippen LogP contribution in [0.2, 0.25) is 0 Å². The molecule has 1 amide bonds. The number of carboxylic acids is 1. The van der Waals surface area contributed by atoms with Gasteiger partial charge in [0.05, 0.1) is 16.6 Å². The number of rotatable bonds is 4. The molecule has 0 saturated heterocycles. The molecule has 0 unspecified atom stereocenters. The molecule has 128 valence electrons. The zero-order valence-electron chi connectivity index (χ0n) is 13.7. The van der Waals surface area contributed by atoms with Crippen molar-refractivity contribution >= 4 is 39.1 Å². The summed E-state index contributed by atoms with van der Waals surface area (Å²) >= 11 is 3.48. The first-order valence-electron chi connectivity index (χ1n) is 7.62. The number of hydrogen-bond donors (Lipinski definition) is 2. The predicted molar refractivity (Wildman–Crippen MR) is 98.1 cm³/mol. The molecular weight excluding hydrogens is 386 g/mol. The number of hydrogen-bond acceptors (Lipinski definition) is 3. The third-order valence-corrected chi connectivity index (χ3v) is 4.35. The molecule has 0 aliphatic carbocycles. The topological polar surface area (TPSA) is 83.7 Å². The number of pyridine rings is 1. The molecule has 25 heavy (non-hydrogen) atoms. The molecule has 0 aliphatic rings. The molecule has 0 aliphatic heterocycles. The highest BCUT2D eigenvalue weighted by Crippen LogP contribution is 2.23. The number of carbonyl (C=O) groups excluding carboxylic acids is 1. The van der Waals surface area contributed by atoms with Gasteiger partial charge in [0.1, 0.15) is 5.69 Å². The SMILES string of the molecule is Cc1cc(Br)c2nc(C)c(C(=O)Nc3ccc(CC(=O)O)cc3)n2c1. The lowest BCUT2D eigenvalue weighted by Crippen LogP contribution is -2.15. The van der Waals surface area contributed by atoms with Crippen LogP contribution in [-0.2, 0) is 11.2 Å². The van der Waals surface area contributed by atoms with Crippen molar-refractivity contribution in [2.45, 2.75) is 20.3 Å². The average molecular weight is 402 g/mol. The Morgan fingerprint density at radius 2 is 1.92 bits per heavy atom. The summed E-state index contributed by atoms with van der Waals surface area (Å²) < 4.78 is 2.59. The second-order valence-electron chi connectivity index (χ2n) is 5.83. The van der Waals surface area contributed by atoms with E-state index in [1.807, 2.05) is 19.2 Å². The van der Waals surface area contributed by atoms with Crippen LogP contribution in [0.3, 0.4) is 0 Å². The summed E-state index contributed by atoms with van der Waals surface area (Å²) in [5.74, 6) is -1.16. The van der Waals surface area contributed by atoms with Crippen LogP contribution >= 0.6 is 15.9 Å². The van der Waals surface area contributed by atoms with E-state index in [0.29, 0.717) is 28.3 Å². The molecule has 6 nitrogen and oxygen atoms in total. The minimum Gasteiger partial charge on any atom is -0.481 e. The van der Waals surface area contributed by atoms with E-state index in [1.165, 1.54) is 0 Å². The van der Waals surface area contributed by atoms with Crippen molar-refractivity contribution in [2.24, 2.45) is 0 Å². The van der Waals surface area contributed by atoms with Crippen LogP contribution in [-0.4, -0.2) is 26.4 Å². The number of aryl methyl sites for hydroxylation is 2. The monoisotopic (exact) mass is 401 g/mol. The number of anilines is 1. The Morgan fingerprint density at radius 1 is 1.24 bits per heavy atom. The summed E-state index contributed by atoms with van der Waals surface area (Å²) in [4.78, 5) is 27.9. The molecule has 1 aromatic carbocycles. The minimum atomic E-state index is -0.890. The van der Waals surface area contributed by atoms with Gasteiger partial charge in [0.25, 0.3) is 5.91 Å². The number of aliphatic carboxylic acids is 1. The third kappa shape index (κ3) is 3.56. The summed E-state index contributed by atoms with van der Waals surface area (Å²) in [7, 11) is 0. The zero-order chi connectivity index (χ0) is 18.1. The highest BCUT2D eigenvalue weighted by Gasteiger charge is 2.18. The van der Waals surface area contributed by atoms with Gasteiger partial charge < -0.3 is 10.4 Å². The predicted octanol–water partition coefficient (Wildman–Crippen LogP) is 3.59. The first-order chi connectivity index (χ1) is 11.8. The molecule has 0 radical (unpaired) electrons. The van der Waals surface area contributed by atoms with Gasteiger partial charge in [0.15, 0.2) is 5.65 Å². The van der Waals surface area contributed by atoms with E-state index in [1.54, 1.807) is 35.6 Å². The maximum Gasteiger partial charge on any atom is 0.307 e. The van der Waals surface area contributed by atoms with E-state index in [9.17, 15) is 9.59 Å². The standard InChI is InChI=1S/C18H16BrN3O3/c1-10-7-14(19)17-20-11(2)16(22(17)9-10)18(25)21-13-5-3-12(4-6-13)8-15(23)24/h3-7,9H,8H2,1-2H3,(H,21,25)(H,23,24). The van der Waals surface area contributed by atoms with Crippen LogP contribution in [0.1, 0.15) is 27.3 Å². The van der Waals surface area contributed by atoms with Gasteiger partial charge in [-0.1, -0.05) is 12.1 Å². The third-order valence-electron chi connectivity index (χ3n) is 3.77. The second-order valence-corrected chi connectivity index (χ2v) is 6.68. The maximum absolute atomic E-state index is 12.7. The summed E-state index contributed by atoms with van der Waals surface area (Å²) in [5, 5.41) is 11.6. The lowest BCUT2D eigenvalue weighted by Gasteiger charge is -2.08. The number of carbonyl (C=O) groups is 2. The molecule has 0 saturated carbocycles. The molecule has 3 rings (SSSR count). The Bertz CT molecular complexity index is 977. The van der Waals surface area contributed by atoms with Crippen molar-refractivity contribution in [3.8, 4) is 0 Å². The quantitative estimate of drug-likeness (QED) is 0.699. The first kappa shape index (κ1) is 17.2. The van der Waals surface area contributed by atoms with Crippen molar-refractivity contribution < 1.29 is 14.7 Å². The molecule has 0 bridgehead atoms. The number of imidazole rings is 1. The average Bonchev–Trinajstić information content (AvgIpc) is 2.85. The Balaban J connectivity index is 1.90. The van der Waals surface area contributed by atoms with Gasteiger partial charge >= 0.3 is 5.97 Å². The summed E-state index contributed by atoms with van der Waals surface area (Å²) in [6.45, 7) is 3.74. The van der Waals surface area contributed by atoms with Gasteiger partial charge in [0.2, 0.25) is 0 Å². The van der Waals surface area contributed by atoms with Crippen LogP contribution < -0.4 is 5.32 Å². The number of nitrogens with one attached hydrogen (secondary N) is 1. The van der Waals surface area contributed by atoms with E-state index >= 15 is 0 Å². The van der Waals surface area contributed by atoms with Crippen LogP contribution in [0.4, 0.5) is 5.69 Å². The number of aromatic nitrogens is 2. The van der Waals surface area contributed by atoms with Gasteiger partial charge in [-0.15, -0.1) is 0 Å². The fourth-order valence-electron chi connectivity index (χ4n) is 2.69. The van der Waals surface area contributed by atoms with Crippen molar-refractivity contribution in [1.82, 2.24) is 9.38 Å². The summed E-state index contributed by atoms with van der Waals surface area (Å²) in [6, 6.07) is 8.70. The van der Waals surface area contributed by atoms with Gasteiger partial charge in [-0.25, -0.2) is 4.98 Å². The number of carboxylic acid groups (broad SMARTS) is 1. The van der Waals surface area contributed by atoms with E-state index in [2.05, 4.69) is 26.2 Å². The van der Waals surface area contributed by atoms with E-state index in [4.69, 9.17) is 5.11 Å². The Kier molecular flexibility index (Phi) is 4.59. The van der Waals surface area contributed by atoms with Gasteiger partial charge in [-0.2, -0.15) is 0 Å². The lowest BCUT2D eigenvalue weighted by molar-refractivity contribution is -0.136. The number of benzene rings is 1. The smallest absolute Gasteiger partial charge is 0.307 e. The van der Waals surface area contributed by atoms with E-state index < -0.39 is 5.97 Å². The molecule has 2 aromatic heterocycles. The molecule has 3 aromatic rings. The van der Waals surface area contributed by atoms with Crippen molar-refractivity contribution in [1.29, 1.82) is 0 Å². The molecule has 7 heteroatoms. The van der Waals surface area contributed by atoms with Gasteiger partial charge in [-0.05, 0) is 59.1 Å². The number of fused-ring (bicyclic) bond motifs is 1. The molecule has 0 spiro atoms. The van der Waals surface area contributed by atoms with E-state index in [-0.39, 0.29) is 12.3 Å². The van der Waals surface area contributed by atoms with Crippen LogP contribution in [0.25, 0.3) is 5.65 Å². The van der Waals surface area contributed by atoms with Crippen LogP contribution in [0.5, 0.6) is 0 Å². The van der Waals surface area contributed by atoms with Crippen LogP contribution in [0, 0.1) is 13.8 Å². The Hall–Kier alpha value is -2.67. The first-order valence-corrected chi connectivity index (χ1v) is 8.41. The molecule has 0 atom stereocenters. The van der Waals surface area contributed by atoms with Crippen molar-refractivity contribution in [3.05, 3.63) is 63.5 Å². The highest BCUT2D eigenvalue weighted by atomic mass is 79.9. The largest absolute Gasteiger partial charge is 0.481 e. The summed E-state index contributed by atoms with van der Waals surface area (Å²) in [6.07, 6.45) is 1.82. The minimum absolute atomic E-state index is 0.0477. The Labute approximate surface area is 152 Å². The van der Waals surface area contributed by atoms with Gasteiger partial charge in [0, 0.05) is 11.9 Å². The second kappa shape index (κ2) is 6.68. The number of amides is 1. The molecule has 2 N–H and O–H groups in total. The zero-order valence-corrected chi connectivity index (χ0v) is 15.3. The fourth-order valence-corrected chi connectivity index (χ4v) is 3.33. The lowest BCUT2D eigenvalue weighted by atomic mass is 10.1. The van der Waals surface area contributed by atoms with Crippen LogP contribution in [0.15, 0.2) is 41.0 Å². The number of halogens is 1. The fraction of sp³-hybridized carbons (Fsp3) is 0.167. The maximum atomic E-state index is 12.7. The molecule has 2 heterocycles. The normalized spacial score (nSPS) is 10.8. The Morgan fingerprint density at radius 3 is 2.56 bits per heavy atom. The summed E-state index contributed by atoms with van der Waals surface area (Å²) in [5.41, 5.74) is 4.06. The van der Waals surface area contributed by atoms with Gasteiger partial charge in [-0.3, -0.25) is 14.0 Å². The molecular formula is C18H16BrN3O3. The van der Waals surface area contributed by atoms with E-state index in [0.717, 1.165) is 10.0 Å². The van der Waals surface area contributed by atoms with Crippen molar-refractivity contribution in [3.63, 3.8) is 0 Å². The highest BCUT2D eigenvalue weighted by molar-refractivity contribution is 9.10. The van der Waals surface area contributed by atoms with Crippen molar-refractivity contribution in [2.75, 3.05) is 5.32 Å².